The van der Waals surface area contributed by atoms with Crippen molar-refractivity contribution in [2.45, 2.75) is 69.4 Å². The first-order chi connectivity index (χ1) is 15.1. The minimum Gasteiger partial charge on any atom is -0.383 e. The van der Waals surface area contributed by atoms with Crippen molar-refractivity contribution in [2.24, 2.45) is 22.1 Å². The molecule has 6 rings (SSSR count). The number of aliphatic imine (C=N–C) groups is 1. The van der Waals surface area contributed by atoms with Gasteiger partial charge < -0.3 is 10.5 Å². The molecule has 4 aliphatic rings. The molecule has 31 heavy (non-hydrogen) atoms. The SMILES string of the molecule is COC1CCC2(CC1)Cc1ccc(CCC3CC3)cc1C21N=C(N)c2c(F)cccc21. The Balaban J connectivity index is 1.51. The molecule has 1 unspecified atom stereocenters. The number of rotatable bonds is 4. The lowest BCUT2D eigenvalue weighted by Crippen LogP contribution is -2.45. The van der Waals surface area contributed by atoms with E-state index in [2.05, 4.69) is 24.3 Å². The summed E-state index contributed by atoms with van der Waals surface area (Å²) in [5.74, 6) is 1.01. The van der Waals surface area contributed by atoms with Crippen LogP contribution in [0.4, 0.5) is 4.39 Å². The number of nitrogens with zero attached hydrogens (tertiary/aromatic N) is 1. The van der Waals surface area contributed by atoms with Gasteiger partial charge in [0, 0.05) is 12.5 Å². The molecule has 0 amide bonds. The Morgan fingerprint density at radius 2 is 1.90 bits per heavy atom. The Bertz CT molecular complexity index is 1060. The number of ether oxygens (including phenoxy) is 1. The average molecular weight is 419 g/mol. The maximum absolute atomic E-state index is 14.9. The molecule has 2 saturated carbocycles. The second-order valence-electron chi connectivity index (χ2n) is 10.2. The van der Waals surface area contributed by atoms with Crippen LogP contribution in [0.15, 0.2) is 41.4 Å². The monoisotopic (exact) mass is 418 g/mol. The van der Waals surface area contributed by atoms with Crippen LogP contribution in [0.5, 0.6) is 0 Å². The fourth-order valence-corrected chi connectivity index (χ4v) is 6.74. The highest BCUT2D eigenvalue weighted by Gasteiger charge is 2.62. The van der Waals surface area contributed by atoms with Gasteiger partial charge in [0.25, 0.3) is 0 Å². The maximum Gasteiger partial charge on any atom is 0.134 e. The smallest absolute Gasteiger partial charge is 0.134 e. The van der Waals surface area contributed by atoms with Crippen LogP contribution in [-0.2, 0) is 23.1 Å². The van der Waals surface area contributed by atoms with Crippen LogP contribution in [-0.4, -0.2) is 19.0 Å². The fraction of sp³-hybridized carbons (Fsp3) is 0.519. The molecule has 1 atom stereocenters. The van der Waals surface area contributed by atoms with E-state index in [1.165, 1.54) is 42.0 Å². The van der Waals surface area contributed by atoms with Gasteiger partial charge >= 0.3 is 0 Å². The van der Waals surface area contributed by atoms with Gasteiger partial charge in [-0.25, -0.2) is 4.39 Å². The summed E-state index contributed by atoms with van der Waals surface area (Å²) in [5, 5.41) is 0. The van der Waals surface area contributed by atoms with Gasteiger partial charge in [-0.1, -0.05) is 43.2 Å². The van der Waals surface area contributed by atoms with E-state index in [0.29, 0.717) is 17.5 Å². The van der Waals surface area contributed by atoms with Crippen LogP contribution in [0, 0.1) is 17.2 Å². The maximum atomic E-state index is 14.9. The van der Waals surface area contributed by atoms with E-state index in [9.17, 15) is 4.39 Å². The molecule has 2 spiro atoms. The van der Waals surface area contributed by atoms with Crippen molar-refractivity contribution in [3.05, 3.63) is 70.0 Å². The van der Waals surface area contributed by atoms with Crippen LogP contribution in [0.1, 0.15) is 72.8 Å². The molecule has 2 fully saturated rings. The zero-order chi connectivity index (χ0) is 21.2. The lowest BCUT2D eigenvalue weighted by molar-refractivity contribution is 0.00681. The first-order valence-corrected chi connectivity index (χ1v) is 11.9. The second-order valence-corrected chi connectivity index (χ2v) is 10.2. The molecule has 3 aliphatic carbocycles. The van der Waals surface area contributed by atoms with E-state index < -0.39 is 5.54 Å². The Labute approximate surface area is 183 Å². The second kappa shape index (κ2) is 6.90. The minimum atomic E-state index is -0.571. The Kier molecular flexibility index (Phi) is 4.34. The van der Waals surface area contributed by atoms with Gasteiger partial charge in [0.1, 0.15) is 17.2 Å². The molecular formula is C27H31FN2O. The normalized spacial score (nSPS) is 31.2. The van der Waals surface area contributed by atoms with Crippen LogP contribution < -0.4 is 5.73 Å². The zero-order valence-corrected chi connectivity index (χ0v) is 18.3. The van der Waals surface area contributed by atoms with Crippen LogP contribution in [0.25, 0.3) is 0 Å². The van der Waals surface area contributed by atoms with E-state index in [1.807, 2.05) is 13.2 Å². The number of hydrogen-bond donors (Lipinski definition) is 1. The van der Waals surface area contributed by atoms with Gasteiger partial charge in [-0.05, 0) is 79.2 Å². The first-order valence-electron chi connectivity index (χ1n) is 11.9. The summed E-state index contributed by atoms with van der Waals surface area (Å²) in [6, 6.07) is 12.4. The third-order valence-corrected chi connectivity index (χ3v) is 8.57. The van der Waals surface area contributed by atoms with Gasteiger partial charge in [0.15, 0.2) is 0 Å². The summed E-state index contributed by atoms with van der Waals surface area (Å²) >= 11 is 0. The average Bonchev–Trinajstić information content (AvgIpc) is 3.51. The molecule has 4 heteroatoms. The third kappa shape index (κ3) is 2.77. The minimum absolute atomic E-state index is 0.0663. The largest absolute Gasteiger partial charge is 0.383 e. The number of nitrogens with two attached hydrogens (primary N) is 1. The number of methoxy groups -OCH3 is 1. The Morgan fingerprint density at radius 1 is 1.10 bits per heavy atom. The summed E-state index contributed by atoms with van der Waals surface area (Å²) < 4.78 is 20.6. The molecule has 0 aromatic heterocycles. The highest BCUT2D eigenvalue weighted by molar-refractivity contribution is 6.03. The molecule has 3 nitrogen and oxygen atoms in total. The van der Waals surface area contributed by atoms with Gasteiger partial charge in [-0.15, -0.1) is 0 Å². The van der Waals surface area contributed by atoms with Crippen LogP contribution in [0.3, 0.4) is 0 Å². The van der Waals surface area contributed by atoms with Gasteiger partial charge in [-0.2, -0.15) is 0 Å². The van der Waals surface area contributed by atoms with Crippen molar-refractivity contribution in [1.29, 1.82) is 0 Å². The van der Waals surface area contributed by atoms with Crippen LogP contribution >= 0.6 is 0 Å². The summed E-state index contributed by atoms with van der Waals surface area (Å²) in [5.41, 5.74) is 11.3. The summed E-state index contributed by atoms with van der Waals surface area (Å²) in [6.07, 6.45) is 10.5. The molecule has 0 bridgehead atoms. The molecule has 2 aromatic carbocycles. The van der Waals surface area contributed by atoms with Crippen molar-refractivity contribution in [2.75, 3.05) is 7.11 Å². The quantitative estimate of drug-likeness (QED) is 0.736. The Morgan fingerprint density at radius 3 is 2.65 bits per heavy atom. The van der Waals surface area contributed by atoms with E-state index in [1.54, 1.807) is 0 Å². The van der Waals surface area contributed by atoms with E-state index in [-0.39, 0.29) is 11.2 Å². The molecule has 1 heterocycles. The number of fused-ring (bicyclic) bond motifs is 5. The number of hydrogen-bond acceptors (Lipinski definition) is 3. The molecule has 2 N–H and O–H groups in total. The topological polar surface area (TPSA) is 47.6 Å². The highest BCUT2D eigenvalue weighted by atomic mass is 19.1. The lowest BCUT2D eigenvalue weighted by Gasteiger charge is -2.47. The Hall–Kier alpha value is -2.20. The summed E-state index contributed by atoms with van der Waals surface area (Å²) in [7, 11) is 1.81. The van der Waals surface area contributed by atoms with E-state index >= 15 is 0 Å². The molecule has 2 aromatic rings. The lowest BCUT2D eigenvalue weighted by atomic mass is 9.59. The van der Waals surface area contributed by atoms with Gasteiger partial charge in [0.2, 0.25) is 0 Å². The van der Waals surface area contributed by atoms with Gasteiger partial charge in [-0.3, -0.25) is 4.99 Å². The van der Waals surface area contributed by atoms with Gasteiger partial charge in [0.05, 0.1) is 11.7 Å². The van der Waals surface area contributed by atoms with E-state index in [4.69, 9.17) is 15.5 Å². The summed E-state index contributed by atoms with van der Waals surface area (Å²) in [4.78, 5) is 5.18. The van der Waals surface area contributed by atoms with Crippen molar-refractivity contribution in [3.8, 4) is 0 Å². The van der Waals surface area contributed by atoms with Crippen molar-refractivity contribution in [3.63, 3.8) is 0 Å². The first kappa shape index (κ1) is 19.5. The predicted molar refractivity (Wildman–Crippen MR) is 121 cm³/mol. The number of amidine groups is 1. The molecule has 0 radical (unpaired) electrons. The fourth-order valence-electron chi connectivity index (χ4n) is 6.74. The van der Waals surface area contributed by atoms with Crippen molar-refractivity contribution >= 4 is 5.84 Å². The summed E-state index contributed by atoms with van der Waals surface area (Å²) in [6.45, 7) is 0. The predicted octanol–water partition coefficient (Wildman–Crippen LogP) is 5.26. The molecule has 162 valence electrons. The number of halogens is 1. The molecule has 1 aliphatic heterocycles. The van der Waals surface area contributed by atoms with Crippen molar-refractivity contribution < 1.29 is 9.13 Å². The number of aryl methyl sites for hydroxylation is 1. The highest BCUT2D eigenvalue weighted by Crippen LogP contribution is 2.64. The third-order valence-electron chi connectivity index (χ3n) is 8.57. The zero-order valence-electron chi connectivity index (χ0n) is 18.3. The number of benzene rings is 2. The van der Waals surface area contributed by atoms with Crippen LogP contribution in [0.2, 0.25) is 0 Å². The van der Waals surface area contributed by atoms with Crippen molar-refractivity contribution in [1.82, 2.24) is 0 Å². The molecule has 0 saturated heterocycles. The van der Waals surface area contributed by atoms with E-state index in [0.717, 1.165) is 50.0 Å². The standard InChI is InChI=1S/C27H31FN2O/c1-31-20-11-13-26(14-12-20)16-19-10-9-18(8-7-17-5-6-17)15-22(19)27(26)21-3-2-4-23(28)24(21)25(29)30-27/h2-4,9-10,15,17,20H,5-8,11-14,16H2,1H3,(H2,29,30). The molecular weight excluding hydrogens is 387 g/mol.